The van der Waals surface area contributed by atoms with Crippen LogP contribution in [0.25, 0.3) is 0 Å². The number of carbonyl (C=O) groups excluding carboxylic acids is 3. The summed E-state index contributed by atoms with van der Waals surface area (Å²) in [4.78, 5) is 35.4. The zero-order valence-corrected chi connectivity index (χ0v) is 14.9. The lowest BCUT2D eigenvalue weighted by atomic mass is 10.1. The maximum atomic E-state index is 12.2. The summed E-state index contributed by atoms with van der Waals surface area (Å²) >= 11 is 0. The van der Waals surface area contributed by atoms with Gasteiger partial charge in [0, 0.05) is 6.04 Å². The summed E-state index contributed by atoms with van der Waals surface area (Å²) in [5.41, 5.74) is 0.142. The molecule has 0 saturated carbocycles. The van der Waals surface area contributed by atoms with Gasteiger partial charge in [0.25, 0.3) is 5.91 Å². The number of esters is 1. The van der Waals surface area contributed by atoms with Crippen LogP contribution in [0.5, 0.6) is 17.2 Å². The lowest BCUT2D eigenvalue weighted by molar-refractivity contribution is -0.123. The number of urea groups is 1. The minimum atomic E-state index is -0.752. The van der Waals surface area contributed by atoms with Gasteiger partial charge in [0.15, 0.2) is 18.1 Å². The van der Waals surface area contributed by atoms with Crippen molar-refractivity contribution in [1.29, 1.82) is 0 Å². The molecule has 0 fully saturated rings. The number of amides is 3. The SMILES string of the molecule is CC[C@@H](C)NC(=O)NC(=O)COC(=O)c1cc(OC)c2c(c1)OCCO2. The Bertz CT molecular complexity index is 673. The van der Waals surface area contributed by atoms with Crippen molar-refractivity contribution in [2.24, 2.45) is 0 Å². The van der Waals surface area contributed by atoms with E-state index in [1.165, 1.54) is 19.2 Å². The highest BCUT2D eigenvalue weighted by Gasteiger charge is 2.22. The van der Waals surface area contributed by atoms with Gasteiger partial charge in [0.05, 0.1) is 12.7 Å². The Hall–Kier alpha value is -2.97. The van der Waals surface area contributed by atoms with Gasteiger partial charge < -0.3 is 24.3 Å². The fraction of sp³-hybridized carbons (Fsp3) is 0.471. The van der Waals surface area contributed by atoms with E-state index in [-0.39, 0.29) is 11.6 Å². The van der Waals surface area contributed by atoms with Gasteiger partial charge in [0.1, 0.15) is 13.2 Å². The molecule has 1 aliphatic heterocycles. The van der Waals surface area contributed by atoms with Gasteiger partial charge >= 0.3 is 12.0 Å². The van der Waals surface area contributed by atoms with E-state index in [4.69, 9.17) is 18.9 Å². The number of nitrogens with one attached hydrogen (secondary N) is 2. The summed E-state index contributed by atoms with van der Waals surface area (Å²) in [7, 11) is 1.44. The second-order valence-electron chi connectivity index (χ2n) is 5.61. The topological polar surface area (TPSA) is 112 Å². The molecule has 0 bridgehead atoms. The molecule has 9 nitrogen and oxygen atoms in total. The van der Waals surface area contributed by atoms with Crippen molar-refractivity contribution in [2.75, 3.05) is 26.9 Å². The molecule has 0 spiro atoms. The molecule has 0 unspecified atom stereocenters. The molecule has 2 N–H and O–H groups in total. The average Bonchev–Trinajstić information content (AvgIpc) is 2.64. The molecule has 0 aromatic heterocycles. The first kappa shape index (κ1) is 19.4. The maximum Gasteiger partial charge on any atom is 0.338 e. The summed E-state index contributed by atoms with van der Waals surface area (Å²) in [6.07, 6.45) is 0.725. The van der Waals surface area contributed by atoms with E-state index in [1.54, 1.807) is 6.92 Å². The zero-order valence-electron chi connectivity index (χ0n) is 14.9. The maximum absolute atomic E-state index is 12.2. The molecule has 3 amide bonds. The predicted molar refractivity (Wildman–Crippen MR) is 90.7 cm³/mol. The number of imide groups is 1. The fourth-order valence-corrected chi connectivity index (χ4v) is 2.13. The lowest BCUT2D eigenvalue weighted by Crippen LogP contribution is -2.44. The summed E-state index contributed by atoms with van der Waals surface area (Å²) in [6, 6.07) is 2.17. The van der Waals surface area contributed by atoms with Crippen LogP contribution in [0.15, 0.2) is 12.1 Å². The number of methoxy groups -OCH3 is 1. The van der Waals surface area contributed by atoms with Crippen molar-refractivity contribution >= 4 is 17.9 Å². The third-order valence-corrected chi connectivity index (χ3v) is 3.64. The van der Waals surface area contributed by atoms with Gasteiger partial charge in [0.2, 0.25) is 5.75 Å². The number of rotatable bonds is 6. The minimum absolute atomic E-state index is 0.0736. The number of fused-ring (bicyclic) bond motifs is 1. The smallest absolute Gasteiger partial charge is 0.338 e. The van der Waals surface area contributed by atoms with E-state index < -0.39 is 24.5 Å². The number of hydrogen-bond acceptors (Lipinski definition) is 7. The number of benzene rings is 1. The summed E-state index contributed by atoms with van der Waals surface area (Å²) in [5, 5.41) is 4.66. The zero-order chi connectivity index (χ0) is 19.1. The highest BCUT2D eigenvalue weighted by atomic mass is 16.6. The normalized spacial score (nSPS) is 13.3. The first-order valence-corrected chi connectivity index (χ1v) is 8.19. The van der Waals surface area contributed by atoms with Gasteiger partial charge in [-0.25, -0.2) is 9.59 Å². The molecule has 142 valence electrons. The van der Waals surface area contributed by atoms with Crippen LogP contribution >= 0.6 is 0 Å². The number of hydrogen-bond donors (Lipinski definition) is 2. The average molecular weight is 366 g/mol. The van der Waals surface area contributed by atoms with Crippen molar-refractivity contribution in [2.45, 2.75) is 26.3 Å². The molecule has 1 aromatic carbocycles. The Kier molecular flexibility index (Phi) is 6.65. The molecule has 26 heavy (non-hydrogen) atoms. The third kappa shape index (κ3) is 5.01. The van der Waals surface area contributed by atoms with Gasteiger partial charge in [-0.3, -0.25) is 10.1 Å². The summed E-state index contributed by atoms with van der Waals surface area (Å²) < 4.78 is 21.0. The summed E-state index contributed by atoms with van der Waals surface area (Å²) in [5.74, 6) is -0.386. The number of ether oxygens (including phenoxy) is 4. The fourth-order valence-electron chi connectivity index (χ4n) is 2.13. The molecule has 0 aliphatic carbocycles. The molecule has 1 atom stereocenters. The molecule has 1 heterocycles. The molecule has 0 saturated heterocycles. The van der Waals surface area contributed by atoms with Crippen LogP contribution in [0.4, 0.5) is 4.79 Å². The molecular weight excluding hydrogens is 344 g/mol. The molecule has 1 aliphatic rings. The minimum Gasteiger partial charge on any atom is -0.493 e. The van der Waals surface area contributed by atoms with Crippen LogP contribution in [0.2, 0.25) is 0 Å². The van der Waals surface area contributed by atoms with E-state index in [2.05, 4.69) is 10.6 Å². The number of carbonyl (C=O) groups is 3. The van der Waals surface area contributed by atoms with Crippen molar-refractivity contribution in [1.82, 2.24) is 10.6 Å². The molecule has 2 rings (SSSR count). The van der Waals surface area contributed by atoms with Crippen molar-refractivity contribution in [3.05, 3.63) is 17.7 Å². The molecule has 9 heteroatoms. The Morgan fingerprint density at radius 2 is 1.96 bits per heavy atom. The van der Waals surface area contributed by atoms with Gasteiger partial charge in [-0.1, -0.05) is 6.92 Å². The Morgan fingerprint density at radius 3 is 2.65 bits per heavy atom. The van der Waals surface area contributed by atoms with Crippen LogP contribution in [0.3, 0.4) is 0 Å². The standard InChI is InChI=1S/C17H22N2O7/c1-4-10(2)18-17(22)19-14(20)9-26-16(21)11-7-12(23-3)15-13(8-11)24-5-6-25-15/h7-8,10H,4-6,9H2,1-3H3,(H2,18,19,20,22)/t10-/m1/s1. The van der Waals surface area contributed by atoms with Gasteiger partial charge in [-0.2, -0.15) is 0 Å². The highest BCUT2D eigenvalue weighted by Crippen LogP contribution is 2.40. The van der Waals surface area contributed by atoms with Gasteiger partial charge in [-0.05, 0) is 25.5 Å². The first-order chi connectivity index (χ1) is 12.4. The molecular formula is C17H22N2O7. The molecule has 0 radical (unpaired) electrons. The van der Waals surface area contributed by atoms with E-state index >= 15 is 0 Å². The van der Waals surface area contributed by atoms with Crippen LogP contribution in [0, 0.1) is 0 Å². The monoisotopic (exact) mass is 366 g/mol. The second kappa shape index (κ2) is 8.93. The summed E-state index contributed by atoms with van der Waals surface area (Å²) in [6.45, 7) is 3.84. The Balaban J connectivity index is 1.93. The van der Waals surface area contributed by atoms with E-state index in [0.717, 1.165) is 6.42 Å². The van der Waals surface area contributed by atoms with E-state index in [0.29, 0.717) is 30.5 Å². The molecule has 1 aromatic rings. The largest absolute Gasteiger partial charge is 0.493 e. The Labute approximate surface area is 150 Å². The first-order valence-electron chi connectivity index (χ1n) is 8.19. The third-order valence-electron chi connectivity index (χ3n) is 3.64. The second-order valence-corrected chi connectivity index (χ2v) is 5.61. The lowest BCUT2D eigenvalue weighted by Gasteiger charge is -2.21. The van der Waals surface area contributed by atoms with E-state index in [1.807, 2.05) is 6.92 Å². The van der Waals surface area contributed by atoms with Crippen LogP contribution in [-0.4, -0.2) is 50.9 Å². The van der Waals surface area contributed by atoms with Gasteiger partial charge in [-0.15, -0.1) is 0 Å². The van der Waals surface area contributed by atoms with E-state index in [9.17, 15) is 14.4 Å². The van der Waals surface area contributed by atoms with Crippen molar-refractivity contribution in [3.8, 4) is 17.2 Å². The van der Waals surface area contributed by atoms with Crippen LogP contribution in [-0.2, 0) is 9.53 Å². The van der Waals surface area contributed by atoms with Crippen LogP contribution < -0.4 is 24.8 Å². The highest BCUT2D eigenvalue weighted by molar-refractivity contribution is 5.97. The quantitative estimate of drug-likeness (QED) is 0.729. The predicted octanol–water partition coefficient (Wildman–Crippen LogP) is 1.25. The van der Waals surface area contributed by atoms with Crippen molar-refractivity contribution in [3.63, 3.8) is 0 Å². The van der Waals surface area contributed by atoms with Crippen molar-refractivity contribution < 1.29 is 33.3 Å². The Morgan fingerprint density at radius 1 is 1.23 bits per heavy atom. The van der Waals surface area contributed by atoms with Crippen LogP contribution in [0.1, 0.15) is 30.6 Å².